The molecule has 0 unspecified atom stereocenters. The van der Waals surface area contributed by atoms with Gasteiger partial charge in [-0.2, -0.15) is 4.98 Å². The quantitative estimate of drug-likeness (QED) is 0.673. The Balaban J connectivity index is 1.29. The first kappa shape index (κ1) is 16.2. The maximum absolute atomic E-state index is 6.00. The molecular formula is C16H17ClN4OS2. The molecule has 8 heteroatoms. The summed E-state index contributed by atoms with van der Waals surface area (Å²) in [5.41, 5.74) is 0. The molecule has 24 heavy (non-hydrogen) atoms. The number of rotatable bonds is 5. The van der Waals surface area contributed by atoms with Crippen molar-refractivity contribution in [2.45, 2.75) is 13.1 Å². The van der Waals surface area contributed by atoms with Gasteiger partial charge in [0.2, 0.25) is 11.7 Å². The van der Waals surface area contributed by atoms with Crippen molar-refractivity contribution in [3.8, 4) is 10.7 Å². The number of thiophene rings is 2. The van der Waals surface area contributed by atoms with Gasteiger partial charge in [0.15, 0.2) is 0 Å². The highest BCUT2D eigenvalue weighted by atomic mass is 35.5. The summed E-state index contributed by atoms with van der Waals surface area (Å²) in [6.07, 6.45) is 0. The standard InChI is InChI=1S/C16H17ClN4OS2/c17-14-4-3-12(24-14)10-20-5-7-21(8-6-20)11-15-18-16(19-22-15)13-2-1-9-23-13/h1-4,9H,5-8,10-11H2. The van der Waals surface area contributed by atoms with E-state index in [0.29, 0.717) is 11.7 Å². The fourth-order valence-corrected chi connectivity index (χ4v) is 4.56. The molecule has 0 bridgehead atoms. The molecule has 4 rings (SSSR count). The van der Waals surface area contributed by atoms with Gasteiger partial charge in [0.05, 0.1) is 15.8 Å². The van der Waals surface area contributed by atoms with E-state index < -0.39 is 0 Å². The van der Waals surface area contributed by atoms with Crippen molar-refractivity contribution in [1.82, 2.24) is 19.9 Å². The van der Waals surface area contributed by atoms with Crippen LogP contribution in [-0.2, 0) is 13.1 Å². The van der Waals surface area contributed by atoms with Crippen molar-refractivity contribution in [3.63, 3.8) is 0 Å². The number of piperazine rings is 1. The van der Waals surface area contributed by atoms with Gasteiger partial charge < -0.3 is 4.52 Å². The van der Waals surface area contributed by atoms with Crippen LogP contribution < -0.4 is 0 Å². The first-order valence-electron chi connectivity index (χ1n) is 7.82. The summed E-state index contributed by atoms with van der Waals surface area (Å²) in [6, 6.07) is 8.09. The Morgan fingerprint density at radius 3 is 2.54 bits per heavy atom. The summed E-state index contributed by atoms with van der Waals surface area (Å²) in [5.74, 6) is 1.38. The Morgan fingerprint density at radius 1 is 1.08 bits per heavy atom. The van der Waals surface area contributed by atoms with Crippen LogP contribution in [0.4, 0.5) is 0 Å². The minimum absolute atomic E-state index is 0.688. The first-order chi connectivity index (χ1) is 11.8. The van der Waals surface area contributed by atoms with Gasteiger partial charge in [-0.05, 0) is 23.6 Å². The van der Waals surface area contributed by atoms with Crippen LogP contribution in [0, 0.1) is 0 Å². The van der Waals surface area contributed by atoms with E-state index >= 15 is 0 Å². The molecule has 0 aliphatic carbocycles. The number of hydrogen-bond acceptors (Lipinski definition) is 7. The molecule has 0 atom stereocenters. The average molecular weight is 381 g/mol. The van der Waals surface area contributed by atoms with Crippen LogP contribution in [0.5, 0.6) is 0 Å². The summed E-state index contributed by atoms with van der Waals surface area (Å²) in [7, 11) is 0. The fourth-order valence-electron chi connectivity index (χ4n) is 2.78. The molecule has 1 aliphatic heterocycles. The van der Waals surface area contributed by atoms with Crippen molar-refractivity contribution < 1.29 is 4.52 Å². The molecule has 0 amide bonds. The highest BCUT2D eigenvalue weighted by Gasteiger charge is 2.20. The molecule has 3 aromatic heterocycles. The molecule has 0 N–H and O–H groups in total. The maximum atomic E-state index is 6.00. The molecule has 1 saturated heterocycles. The molecule has 0 saturated carbocycles. The lowest BCUT2D eigenvalue weighted by Crippen LogP contribution is -2.45. The van der Waals surface area contributed by atoms with E-state index in [1.807, 2.05) is 23.6 Å². The van der Waals surface area contributed by atoms with Crippen LogP contribution >= 0.6 is 34.3 Å². The van der Waals surface area contributed by atoms with Gasteiger partial charge in [-0.15, -0.1) is 22.7 Å². The Labute approximate surface area is 153 Å². The summed E-state index contributed by atoms with van der Waals surface area (Å²) < 4.78 is 6.26. The minimum atomic E-state index is 0.688. The molecule has 3 aromatic rings. The van der Waals surface area contributed by atoms with Crippen LogP contribution in [0.25, 0.3) is 10.7 Å². The van der Waals surface area contributed by atoms with Gasteiger partial charge in [-0.25, -0.2) is 0 Å². The van der Waals surface area contributed by atoms with Gasteiger partial charge in [0.1, 0.15) is 0 Å². The number of nitrogens with zero attached hydrogens (tertiary/aromatic N) is 4. The zero-order chi connectivity index (χ0) is 16.4. The lowest BCUT2D eigenvalue weighted by molar-refractivity contribution is 0.113. The Morgan fingerprint density at radius 2 is 1.88 bits per heavy atom. The highest BCUT2D eigenvalue weighted by molar-refractivity contribution is 7.16. The summed E-state index contributed by atoms with van der Waals surface area (Å²) >= 11 is 9.29. The van der Waals surface area contributed by atoms with Crippen molar-refractivity contribution >= 4 is 34.3 Å². The third kappa shape index (κ3) is 3.87. The number of halogens is 1. The van der Waals surface area contributed by atoms with Crippen molar-refractivity contribution in [1.29, 1.82) is 0 Å². The van der Waals surface area contributed by atoms with E-state index in [0.717, 1.165) is 48.5 Å². The smallest absolute Gasteiger partial charge is 0.241 e. The number of aromatic nitrogens is 2. The third-order valence-corrected chi connectivity index (χ3v) is 6.12. The van der Waals surface area contributed by atoms with Crippen LogP contribution in [0.3, 0.4) is 0 Å². The maximum Gasteiger partial charge on any atom is 0.241 e. The largest absolute Gasteiger partial charge is 0.338 e. The lowest BCUT2D eigenvalue weighted by Gasteiger charge is -2.33. The SMILES string of the molecule is Clc1ccc(CN2CCN(Cc3nc(-c4cccs4)no3)CC2)s1. The Bertz CT molecular complexity index is 778. The average Bonchev–Trinajstić information content (AvgIpc) is 3.31. The van der Waals surface area contributed by atoms with Gasteiger partial charge in [-0.3, -0.25) is 9.80 Å². The zero-order valence-electron chi connectivity index (χ0n) is 13.0. The van der Waals surface area contributed by atoms with Crippen LogP contribution in [0.2, 0.25) is 4.34 Å². The normalized spacial score (nSPS) is 16.7. The van der Waals surface area contributed by atoms with Crippen molar-refractivity contribution in [3.05, 3.63) is 44.7 Å². The molecular weight excluding hydrogens is 364 g/mol. The lowest BCUT2D eigenvalue weighted by atomic mass is 10.3. The second-order valence-corrected chi connectivity index (χ2v) is 8.49. The van der Waals surface area contributed by atoms with Gasteiger partial charge in [-0.1, -0.05) is 22.8 Å². The fraction of sp³-hybridized carbons (Fsp3) is 0.375. The summed E-state index contributed by atoms with van der Waals surface area (Å²) in [5, 5.41) is 6.09. The molecule has 0 aromatic carbocycles. The van der Waals surface area contributed by atoms with E-state index in [1.54, 1.807) is 22.7 Å². The van der Waals surface area contributed by atoms with E-state index in [1.165, 1.54) is 4.88 Å². The van der Waals surface area contributed by atoms with Gasteiger partial charge in [0.25, 0.3) is 0 Å². The van der Waals surface area contributed by atoms with Gasteiger partial charge in [0, 0.05) is 37.6 Å². The molecule has 5 nitrogen and oxygen atoms in total. The molecule has 1 aliphatic rings. The van der Waals surface area contributed by atoms with Crippen molar-refractivity contribution in [2.24, 2.45) is 0 Å². The molecule has 1 fully saturated rings. The van der Waals surface area contributed by atoms with Crippen molar-refractivity contribution in [2.75, 3.05) is 26.2 Å². The highest BCUT2D eigenvalue weighted by Crippen LogP contribution is 2.24. The van der Waals surface area contributed by atoms with E-state index in [2.05, 4.69) is 26.0 Å². The third-order valence-electron chi connectivity index (χ3n) is 4.04. The number of hydrogen-bond donors (Lipinski definition) is 0. The van der Waals surface area contributed by atoms with Gasteiger partial charge >= 0.3 is 0 Å². The van der Waals surface area contributed by atoms with E-state index in [4.69, 9.17) is 16.1 Å². The predicted octanol–water partition coefficient (Wildman–Crippen LogP) is 3.83. The molecule has 0 spiro atoms. The summed E-state index contributed by atoms with van der Waals surface area (Å²) in [6.45, 7) is 5.81. The van der Waals surface area contributed by atoms with E-state index in [9.17, 15) is 0 Å². The second kappa shape index (κ2) is 7.33. The molecule has 4 heterocycles. The second-order valence-electron chi connectivity index (χ2n) is 5.75. The predicted molar refractivity (Wildman–Crippen MR) is 97.5 cm³/mol. The molecule has 0 radical (unpaired) electrons. The topological polar surface area (TPSA) is 45.4 Å². The summed E-state index contributed by atoms with van der Waals surface area (Å²) in [4.78, 5) is 11.7. The first-order valence-corrected chi connectivity index (χ1v) is 9.89. The minimum Gasteiger partial charge on any atom is -0.338 e. The van der Waals surface area contributed by atoms with Crippen LogP contribution in [-0.4, -0.2) is 46.1 Å². The Hall–Kier alpha value is -1.25. The zero-order valence-corrected chi connectivity index (χ0v) is 15.4. The van der Waals surface area contributed by atoms with Crippen LogP contribution in [0.1, 0.15) is 10.8 Å². The van der Waals surface area contributed by atoms with E-state index in [-0.39, 0.29) is 0 Å². The van der Waals surface area contributed by atoms with Crippen LogP contribution in [0.15, 0.2) is 34.2 Å². The monoisotopic (exact) mass is 380 g/mol. The molecule has 126 valence electrons. The Kier molecular flexibility index (Phi) is 4.96.